The highest BCUT2D eigenvalue weighted by molar-refractivity contribution is 6.80. The normalized spacial score (nSPS) is 29.8. The Balaban J connectivity index is 2.78. The summed E-state index contributed by atoms with van der Waals surface area (Å²) in [5.74, 6) is -0.531. The molecule has 0 heterocycles. The number of carbonyl (C=O) groups excluding carboxylic acids is 1. The van der Waals surface area contributed by atoms with Crippen molar-refractivity contribution in [3.63, 3.8) is 0 Å². The van der Waals surface area contributed by atoms with Gasteiger partial charge in [0.25, 0.3) is 0 Å². The molecule has 1 N–H and O–H groups in total. The van der Waals surface area contributed by atoms with E-state index < -0.39 is 19.6 Å². The second kappa shape index (κ2) is 5.36. The number of ether oxygens (including phenoxy) is 1. The molecular weight excluding hydrogens is 232 g/mol. The van der Waals surface area contributed by atoms with Gasteiger partial charge < -0.3 is 9.84 Å². The molecule has 0 aromatic heterocycles. The molecule has 0 unspecified atom stereocenters. The van der Waals surface area contributed by atoms with Crippen LogP contribution in [0.5, 0.6) is 0 Å². The van der Waals surface area contributed by atoms with Gasteiger partial charge in [-0.05, 0) is 26.2 Å². The number of hydrogen-bond acceptors (Lipinski definition) is 3. The molecule has 0 radical (unpaired) electrons. The highest BCUT2D eigenvalue weighted by atomic mass is 28.3. The molecule has 4 heteroatoms. The van der Waals surface area contributed by atoms with Crippen LogP contribution in [-0.2, 0) is 9.53 Å². The summed E-state index contributed by atoms with van der Waals surface area (Å²) in [5, 5.41) is 10.4. The summed E-state index contributed by atoms with van der Waals surface area (Å²) in [6, 6.07) is 0. The van der Waals surface area contributed by atoms with E-state index >= 15 is 0 Å². The molecule has 0 amide bonds. The molecule has 0 saturated heterocycles. The van der Waals surface area contributed by atoms with E-state index in [2.05, 4.69) is 25.3 Å². The average Bonchev–Trinajstić information content (AvgIpc) is 2.58. The van der Waals surface area contributed by atoms with Crippen LogP contribution >= 0.6 is 0 Å². The third-order valence-corrected chi connectivity index (χ3v) is 4.34. The fourth-order valence-corrected chi connectivity index (χ4v) is 3.00. The molecule has 0 aliphatic heterocycles. The Morgan fingerprint density at radius 2 is 2.18 bits per heavy atom. The number of carbonyl (C=O) groups is 1. The summed E-state index contributed by atoms with van der Waals surface area (Å²) >= 11 is 0. The quantitative estimate of drug-likeness (QED) is 0.621. The molecule has 0 aromatic rings. The molecular formula is C13H24O3Si. The molecule has 1 rings (SSSR count). The Kier molecular flexibility index (Phi) is 4.55. The van der Waals surface area contributed by atoms with Crippen molar-refractivity contribution in [2.24, 2.45) is 5.92 Å². The highest BCUT2D eigenvalue weighted by Crippen LogP contribution is 2.38. The second-order valence-electron chi connectivity index (χ2n) is 5.87. The van der Waals surface area contributed by atoms with Crippen molar-refractivity contribution >= 4 is 14.0 Å². The summed E-state index contributed by atoms with van der Waals surface area (Å²) in [6.07, 6.45) is 4.31. The molecule has 2 atom stereocenters. The number of aliphatic hydroxyl groups is 1. The van der Waals surface area contributed by atoms with Gasteiger partial charge in [0, 0.05) is 5.92 Å². The maximum Gasteiger partial charge on any atom is 0.338 e. The topological polar surface area (TPSA) is 46.5 Å². The molecule has 1 aliphatic carbocycles. The Hall–Kier alpha value is -0.613. The maximum atomic E-state index is 11.8. The van der Waals surface area contributed by atoms with Gasteiger partial charge >= 0.3 is 5.97 Å². The molecule has 1 aliphatic rings. The highest BCUT2D eigenvalue weighted by Gasteiger charge is 2.47. The largest absolute Gasteiger partial charge is 0.464 e. The van der Waals surface area contributed by atoms with Gasteiger partial charge in [0.15, 0.2) is 5.60 Å². The lowest BCUT2D eigenvalue weighted by molar-refractivity contribution is -0.167. The number of esters is 1. The first kappa shape index (κ1) is 14.4. The minimum Gasteiger partial charge on any atom is -0.464 e. The van der Waals surface area contributed by atoms with Crippen LogP contribution in [0.1, 0.15) is 26.2 Å². The fraction of sp³-hybridized carbons (Fsp3) is 0.769. The molecule has 17 heavy (non-hydrogen) atoms. The average molecular weight is 256 g/mol. The van der Waals surface area contributed by atoms with Crippen LogP contribution in [0.3, 0.4) is 0 Å². The van der Waals surface area contributed by atoms with Crippen molar-refractivity contribution in [1.82, 2.24) is 0 Å². The second-order valence-corrected chi connectivity index (χ2v) is 10.9. The molecule has 0 bridgehead atoms. The molecule has 0 spiro atoms. The first-order valence-electron chi connectivity index (χ1n) is 6.38. The van der Waals surface area contributed by atoms with Gasteiger partial charge in [0.1, 0.15) is 0 Å². The first-order valence-corrected chi connectivity index (χ1v) is 9.96. The molecule has 0 aromatic carbocycles. The van der Waals surface area contributed by atoms with E-state index in [0.717, 1.165) is 12.8 Å². The van der Waals surface area contributed by atoms with Crippen molar-refractivity contribution in [3.05, 3.63) is 11.8 Å². The SMILES string of the molecule is CCOC(=O)[C@@]1(O)CCC[C@@H]1/C=C/[Si](C)(C)C. The number of hydrogen-bond donors (Lipinski definition) is 1. The number of rotatable bonds is 4. The van der Waals surface area contributed by atoms with Crippen molar-refractivity contribution in [2.75, 3.05) is 6.61 Å². The maximum absolute atomic E-state index is 11.8. The van der Waals surface area contributed by atoms with Crippen LogP contribution in [0.2, 0.25) is 19.6 Å². The van der Waals surface area contributed by atoms with Crippen LogP contribution in [0.15, 0.2) is 11.8 Å². The van der Waals surface area contributed by atoms with Crippen molar-refractivity contribution in [3.8, 4) is 0 Å². The van der Waals surface area contributed by atoms with Gasteiger partial charge in [-0.15, -0.1) is 0 Å². The predicted molar refractivity (Wildman–Crippen MR) is 71.4 cm³/mol. The van der Waals surface area contributed by atoms with Crippen molar-refractivity contribution in [1.29, 1.82) is 0 Å². The standard InChI is InChI=1S/C13H24O3Si/c1-5-16-12(14)13(15)9-6-7-11(13)8-10-17(2,3)4/h8,10-11,15H,5-7,9H2,1-4H3/b10-8+/t11-,13-/m1/s1. The van der Waals surface area contributed by atoms with Gasteiger partial charge in [0.05, 0.1) is 14.7 Å². The van der Waals surface area contributed by atoms with E-state index in [4.69, 9.17) is 4.74 Å². The zero-order valence-corrected chi connectivity index (χ0v) is 12.3. The summed E-state index contributed by atoms with van der Waals surface area (Å²) in [4.78, 5) is 11.8. The lowest BCUT2D eigenvalue weighted by Gasteiger charge is -2.26. The lowest BCUT2D eigenvalue weighted by atomic mass is 9.91. The third kappa shape index (κ3) is 3.68. The van der Waals surface area contributed by atoms with E-state index in [0.29, 0.717) is 13.0 Å². The molecule has 3 nitrogen and oxygen atoms in total. The lowest BCUT2D eigenvalue weighted by Crippen LogP contribution is -2.43. The van der Waals surface area contributed by atoms with E-state index in [1.165, 1.54) is 0 Å². The molecule has 1 saturated carbocycles. The van der Waals surface area contributed by atoms with Gasteiger partial charge in [-0.3, -0.25) is 0 Å². The Morgan fingerprint density at radius 1 is 1.53 bits per heavy atom. The Labute approximate surface area is 105 Å². The molecule has 1 fully saturated rings. The first-order chi connectivity index (χ1) is 7.79. The summed E-state index contributed by atoms with van der Waals surface area (Å²) in [7, 11) is -1.28. The summed E-state index contributed by atoms with van der Waals surface area (Å²) < 4.78 is 4.98. The van der Waals surface area contributed by atoms with Crippen LogP contribution in [0.4, 0.5) is 0 Å². The minimum absolute atomic E-state index is 0.0757. The van der Waals surface area contributed by atoms with Crippen LogP contribution in [0.25, 0.3) is 0 Å². The van der Waals surface area contributed by atoms with Crippen molar-refractivity contribution in [2.45, 2.75) is 51.4 Å². The van der Waals surface area contributed by atoms with Gasteiger partial charge in [-0.1, -0.05) is 31.4 Å². The van der Waals surface area contributed by atoms with E-state index in [-0.39, 0.29) is 5.92 Å². The molecule has 98 valence electrons. The summed E-state index contributed by atoms with van der Waals surface area (Å²) in [6.45, 7) is 8.81. The minimum atomic E-state index is -1.29. The van der Waals surface area contributed by atoms with Gasteiger partial charge in [-0.25, -0.2) is 4.79 Å². The van der Waals surface area contributed by atoms with Gasteiger partial charge in [0.2, 0.25) is 0 Å². The Bertz CT molecular complexity index is 306. The smallest absolute Gasteiger partial charge is 0.338 e. The van der Waals surface area contributed by atoms with E-state index in [1.807, 2.05) is 6.08 Å². The predicted octanol–water partition coefficient (Wildman–Crippen LogP) is 2.51. The fourth-order valence-electron chi connectivity index (χ4n) is 2.19. The third-order valence-electron chi connectivity index (χ3n) is 3.14. The van der Waals surface area contributed by atoms with Crippen LogP contribution in [-0.4, -0.2) is 31.4 Å². The van der Waals surface area contributed by atoms with E-state index in [1.54, 1.807) is 6.92 Å². The van der Waals surface area contributed by atoms with Crippen LogP contribution < -0.4 is 0 Å². The van der Waals surface area contributed by atoms with Crippen molar-refractivity contribution < 1.29 is 14.6 Å². The summed E-state index contributed by atoms with van der Waals surface area (Å²) in [5.41, 5.74) is 0.916. The van der Waals surface area contributed by atoms with E-state index in [9.17, 15) is 9.90 Å². The van der Waals surface area contributed by atoms with Gasteiger partial charge in [-0.2, -0.15) is 0 Å². The Morgan fingerprint density at radius 3 is 2.71 bits per heavy atom. The zero-order chi connectivity index (χ0) is 13.1. The monoisotopic (exact) mass is 256 g/mol. The zero-order valence-electron chi connectivity index (χ0n) is 11.3. The van der Waals surface area contributed by atoms with Crippen LogP contribution in [0, 0.1) is 5.92 Å².